The Bertz CT molecular complexity index is 720. The third kappa shape index (κ3) is 9.27. The van der Waals surface area contributed by atoms with E-state index >= 15 is 0 Å². The molecule has 0 radical (unpaired) electrons. The molecule has 2 N–H and O–H groups in total. The van der Waals surface area contributed by atoms with E-state index < -0.39 is 12.8 Å². The summed E-state index contributed by atoms with van der Waals surface area (Å²) < 4.78 is 41.0. The number of hydrogen-bond donors (Lipinski definition) is 2. The van der Waals surface area contributed by atoms with E-state index in [2.05, 4.69) is 25.3 Å². The Morgan fingerprint density at radius 1 is 1.22 bits per heavy atom. The van der Waals surface area contributed by atoms with Gasteiger partial charge >= 0.3 is 6.18 Å². The number of rotatable bonds is 7. The highest BCUT2D eigenvalue weighted by Gasteiger charge is 2.28. The summed E-state index contributed by atoms with van der Waals surface area (Å²) >= 11 is 1.67. The van der Waals surface area contributed by atoms with Gasteiger partial charge in [-0.15, -0.1) is 35.3 Å². The fourth-order valence-corrected chi connectivity index (χ4v) is 2.87. The molecule has 1 heterocycles. The summed E-state index contributed by atoms with van der Waals surface area (Å²) in [5.74, 6) is 0.836. The number of halogens is 4. The molecule has 150 valence electrons. The molecule has 0 saturated carbocycles. The summed E-state index contributed by atoms with van der Waals surface area (Å²) in [6.45, 7) is 1.93. The van der Waals surface area contributed by atoms with Crippen molar-refractivity contribution in [3.05, 3.63) is 45.9 Å². The van der Waals surface area contributed by atoms with Crippen LogP contribution in [0, 0.1) is 6.92 Å². The highest BCUT2D eigenvalue weighted by Crippen LogP contribution is 2.18. The summed E-state index contributed by atoms with van der Waals surface area (Å²) in [6, 6.07) is 6.46. The average molecular weight is 514 g/mol. The molecule has 1 aromatic heterocycles. The molecule has 2 aromatic rings. The zero-order valence-electron chi connectivity index (χ0n) is 15.0. The second-order valence-corrected chi connectivity index (χ2v) is 6.83. The van der Waals surface area contributed by atoms with Crippen molar-refractivity contribution in [2.45, 2.75) is 26.1 Å². The summed E-state index contributed by atoms with van der Waals surface area (Å²) in [5.41, 5.74) is 0.905. The first-order valence-electron chi connectivity index (χ1n) is 8.00. The summed E-state index contributed by atoms with van der Waals surface area (Å²) in [4.78, 5) is 9.63. The van der Waals surface area contributed by atoms with Gasteiger partial charge in [0.15, 0.2) is 12.6 Å². The molecule has 0 atom stereocenters. The standard InChI is InChI=1S/C17H21F3N4OS.HI/c1-12-9-23-15(26-12)7-8-22-16(21-2)24-10-13-3-5-14(6-4-13)25-11-17(18,19)20;/h3-6,9H,7-8,10-11H2,1-2H3,(H2,21,22,24);1H. The lowest BCUT2D eigenvalue weighted by Crippen LogP contribution is -2.37. The van der Waals surface area contributed by atoms with Crippen LogP contribution < -0.4 is 15.4 Å². The minimum absolute atomic E-state index is 0. The first-order chi connectivity index (χ1) is 12.4. The Labute approximate surface area is 177 Å². The third-order valence-electron chi connectivity index (χ3n) is 3.31. The van der Waals surface area contributed by atoms with Crippen LogP contribution >= 0.6 is 35.3 Å². The predicted molar refractivity (Wildman–Crippen MR) is 112 cm³/mol. The van der Waals surface area contributed by atoms with Crippen LogP contribution in [0.15, 0.2) is 35.5 Å². The van der Waals surface area contributed by atoms with Crippen LogP contribution in [-0.2, 0) is 13.0 Å². The molecule has 0 amide bonds. The monoisotopic (exact) mass is 514 g/mol. The number of aryl methyl sites for hydroxylation is 1. The fourth-order valence-electron chi connectivity index (χ4n) is 2.08. The van der Waals surface area contributed by atoms with Crippen LogP contribution in [0.4, 0.5) is 13.2 Å². The fraction of sp³-hybridized carbons (Fsp3) is 0.412. The van der Waals surface area contributed by atoms with E-state index in [0.717, 1.165) is 17.0 Å². The minimum atomic E-state index is -4.34. The lowest BCUT2D eigenvalue weighted by molar-refractivity contribution is -0.153. The van der Waals surface area contributed by atoms with Crippen molar-refractivity contribution in [3.8, 4) is 5.75 Å². The molecule has 0 saturated heterocycles. The zero-order chi connectivity index (χ0) is 19.0. The van der Waals surface area contributed by atoms with Crippen LogP contribution in [0.3, 0.4) is 0 Å². The van der Waals surface area contributed by atoms with Crippen molar-refractivity contribution in [2.75, 3.05) is 20.2 Å². The molecular weight excluding hydrogens is 492 g/mol. The van der Waals surface area contributed by atoms with Gasteiger partial charge in [0.05, 0.1) is 5.01 Å². The molecule has 10 heteroatoms. The Kier molecular flexibility index (Phi) is 9.84. The quantitative estimate of drug-likeness (QED) is 0.334. The van der Waals surface area contributed by atoms with Crippen molar-refractivity contribution < 1.29 is 17.9 Å². The molecular formula is C17H22F3IN4OS. The Morgan fingerprint density at radius 3 is 2.48 bits per heavy atom. The number of aliphatic imine (C=N–C) groups is 1. The highest BCUT2D eigenvalue weighted by atomic mass is 127. The third-order valence-corrected chi connectivity index (χ3v) is 4.28. The van der Waals surface area contributed by atoms with E-state index in [4.69, 9.17) is 0 Å². The van der Waals surface area contributed by atoms with E-state index in [1.807, 2.05) is 13.1 Å². The van der Waals surface area contributed by atoms with Crippen LogP contribution in [0.5, 0.6) is 5.75 Å². The number of aromatic nitrogens is 1. The summed E-state index contributed by atoms with van der Waals surface area (Å²) in [7, 11) is 1.68. The van der Waals surface area contributed by atoms with Crippen LogP contribution in [0.2, 0.25) is 0 Å². The van der Waals surface area contributed by atoms with Gasteiger partial charge in [0, 0.05) is 37.6 Å². The SMILES string of the molecule is CN=C(NCCc1ncc(C)s1)NCc1ccc(OCC(F)(F)F)cc1.I. The molecule has 0 aliphatic rings. The molecule has 5 nitrogen and oxygen atoms in total. The molecule has 0 spiro atoms. The number of guanidine groups is 1. The number of nitrogens with zero attached hydrogens (tertiary/aromatic N) is 2. The number of alkyl halides is 3. The number of hydrogen-bond acceptors (Lipinski definition) is 4. The van der Waals surface area contributed by atoms with Gasteiger partial charge in [0.25, 0.3) is 0 Å². The molecule has 27 heavy (non-hydrogen) atoms. The second-order valence-electron chi connectivity index (χ2n) is 5.51. The van der Waals surface area contributed by atoms with Gasteiger partial charge in [0.1, 0.15) is 5.75 Å². The van der Waals surface area contributed by atoms with Gasteiger partial charge in [-0.2, -0.15) is 13.2 Å². The van der Waals surface area contributed by atoms with Crippen molar-refractivity contribution >= 4 is 41.3 Å². The van der Waals surface area contributed by atoms with E-state index in [1.54, 1.807) is 30.5 Å². The minimum Gasteiger partial charge on any atom is -0.484 e. The Balaban J connectivity index is 0.00000364. The second kappa shape index (κ2) is 11.3. The van der Waals surface area contributed by atoms with Gasteiger partial charge in [-0.05, 0) is 24.6 Å². The van der Waals surface area contributed by atoms with Crippen molar-refractivity contribution in [1.29, 1.82) is 0 Å². The smallest absolute Gasteiger partial charge is 0.422 e. The Morgan fingerprint density at radius 2 is 1.93 bits per heavy atom. The summed E-state index contributed by atoms with van der Waals surface area (Å²) in [6.07, 6.45) is -1.67. The summed E-state index contributed by atoms with van der Waals surface area (Å²) in [5, 5.41) is 7.42. The van der Waals surface area contributed by atoms with Crippen LogP contribution in [0.25, 0.3) is 0 Å². The maximum absolute atomic E-state index is 12.1. The first-order valence-corrected chi connectivity index (χ1v) is 8.81. The molecule has 0 aliphatic heterocycles. The zero-order valence-corrected chi connectivity index (χ0v) is 18.1. The Hall–Kier alpha value is -1.56. The normalized spacial score (nSPS) is 11.7. The molecule has 0 fully saturated rings. The number of nitrogens with one attached hydrogen (secondary N) is 2. The van der Waals surface area contributed by atoms with Gasteiger partial charge < -0.3 is 15.4 Å². The van der Waals surface area contributed by atoms with E-state index in [-0.39, 0.29) is 29.7 Å². The molecule has 0 aliphatic carbocycles. The van der Waals surface area contributed by atoms with Gasteiger partial charge in [-0.3, -0.25) is 4.99 Å². The maximum atomic E-state index is 12.1. The van der Waals surface area contributed by atoms with E-state index in [0.29, 0.717) is 19.0 Å². The molecule has 1 aromatic carbocycles. The maximum Gasteiger partial charge on any atom is 0.422 e. The van der Waals surface area contributed by atoms with E-state index in [9.17, 15) is 13.2 Å². The number of thiazole rings is 1. The van der Waals surface area contributed by atoms with Crippen molar-refractivity contribution in [2.24, 2.45) is 4.99 Å². The van der Waals surface area contributed by atoms with Gasteiger partial charge in [0.2, 0.25) is 0 Å². The molecule has 0 bridgehead atoms. The highest BCUT2D eigenvalue weighted by molar-refractivity contribution is 14.0. The van der Waals surface area contributed by atoms with Gasteiger partial charge in [-0.1, -0.05) is 12.1 Å². The van der Waals surface area contributed by atoms with Crippen LogP contribution in [0.1, 0.15) is 15.4 Å². The number of benzene rings is 1. The topological polar surface area (TPSA) is 58.5 Å². The lowest BCUT2D eigenvalue weighted by Gasteiger charge is -2.12. The van der Waals surface area contributed by atoms with Crippen LogP contribution in [-0.4, -0.2) is 37.3 Å². The predicted octanol–water partition coefficient (Wildman–Crippen LogP) is 3.92. The van der Waals surface area contributed by atoms with Gasteiger partial charge in [-0.25, -0.2) is 4.98 Å². The first kappa shape index (κ1) is 23.5. The molecule has 2 rings (SSSR count). The van der Waals surface area contributed by atoms with Crippen molar-refractivity contribution in [3.63, 3.8) is 0 Å². The number of ether oxygens (including phenoxy) is 1. The average Bonchev–Trinajstić information content (AvgIpc) is 3.01. The lowest BCUT2D eigenvalue weighted by atomic mass is 10.2. The van der Waals surface area contributed by atoms with E-state index in [1.165, 1.54) is 17.0 Å². The largest absolute Gasteiger partial charge is 0.484 e. The molecule has 0 unspecified atom stereocenters. The van der Waals surface area contributed by atoms with Crippen molar-refractivity contribution in [1.82, 2.24) is 15.6 Å².